The van der Waals surface area contributed by atoms with Gasteiger partial charge in [-0.15, -0.1) is 12.4 Å². The number of anilines is 1. The summed E-state index contributed by atoms with van der Waals surface area (Å²) in [4.78, 5) is 8.78. The normalized spacial score (nSPS) is 14.8. The van der Waals surface area contributed by atoms with Crippen LogP contribution in [0.25, 0.3) is 11.9 Å². The fraction of sp³-hybridized carbons (Fsp3) is 0.304. The number of hydrogen-bond donors (Lipinski definition) is 0. The van der Waals surface area contributed by atoms with Gasteiger partial charge in [0.25, 0.3) is 0 Å². The topological polar surface area (TPSA) is 37.2 Å². The van der Waals surface area contributed by atoms with Gasteiger partial charge in [-0.1, -0.05) is 18.2 Å². The van der Waals surface area contributed by atoms with Crippen LogP contribution in [0.5, 0.6) is 0 Å². The van der Waals surface area contributed by atoms with Crippen molar-refractivity contribution in [1.29, 1.82) is 0 Å². The summed E-state index contributed by atoms with van der Waals surface area (Å²) in [6.07, 6.45) is 7.86. The summed E-state index contributed by atoms with van der Waals surface area (Å²) in [5, 5.41) is 4.49. The van der Waals surface area contributed by atoms with Crippen LogP contribution in [-0.2, 0) is 0 Å². The molecule has 5 nitrogen and oxygen atoms in total. The van der Waals surface area contributed by atoms with Crippen LogP contribution in [-0.4, -0.2) is 52.4 Å². The van der Waals surface area contributed by atoms with Crippen LogP contribution < -0.4 is 4.90 Å². The Kier molecular flexibility index (Phi) is 7.41. The van der Waals surface area contributed by atoms with Crippen LogP contribution in [0.4, 0.5) is 14.5 Å². The minimum Gasteiger partial charge on any atom is -0.369 e. The molecule has 0 radical (unpaired) electrons. The molecule has 0 spiro atoms. The van der Waals surface area contributed by atoms with E-state index in [2.05, 4.69) is 27.1 Å². The van der Waals surface area contributed by atoms with Gasteiger partial charge in [-0.3, -0.25) is 4.90 Å². The van der Waals surface area contributed by atoms with Crippen molar-refractivity contribution in [3.05, 3.63) is 77.3 Å². The van der Waals surface area contributed by atoms with Gasteiger partial charge in [0.05, 0.1) is 11.9 Å². The van der Waals surface area contributed by atoms with Crippen molar-refractivity contribution >= 4 is 24.2 Å². The Morgan fingerprint density at radius 1 is 1.03 bits per heavy atom. The molecule has 164 valence electrons. The van der Waals surface area contributed by atoms with E-state index in [-0.39, 0.29) is 12.4 Å². The minimum atomic E-state index is -0.535. The number of benzene rings is 1. The minimum absolute atomic E-state index is 0. The highest BCUT2D eigenvalue weighted by atomic mass is 35.5. The molecule has 0 aliphatic carbocycles. The van der Waals surface area contributed by atoms with Crippen LogP contribution in [0.1, 0.15) is 16.8 Å². The van der Waals surface area contributed by atoms with Crippen molar-refractivity contribution < 1.29 is 8.78 Å². The van der Waals surface area contributed by atoms with E-state index in [1.54, 1.807) is 6.20 Å². The molecular formula is C23H26ClF2N5. The van der Waals surface area contributed by atoms with E-state index >= 15 is 0 Å². The molecule has 31 heavy (non-hydrogen) atoms. The Labute approximate surface area is 187 Å². The molecule has 2 aromatic heterocycles. The van der Waals surface area contributed by atoms with E-state index in [0.29, 0.717) is 5.69 Å². The first-order chi connectivity index (χ1) is 14.5. The fourth-order valence-electron chi connectivity index (χ4n) is 3.74. The standard InChI is InChI=1S/C23H25F2N5.ClH/c1-17-5-3-7-26-23(17)30-18(2)19(16-27-30)6-4-8-28-9-11-29(12-10-28)22-14-20(24)13-21(25)15-22;/h3-7,13-16H,8-12H2,1-2H3;1H/b6-4+;. The third kappa shape index (κ3) is 5.29. The number of halogens is 3. The van der Waals surface area contributed by atoms with Crippen LogP contribution in [0.2, 0.25) is 0 Å². The molecule has 1 saturated heterocycles. The van der Waals surface area contributed by atoms with Gasteiger partial charge in [0, 0.05) is 56.2 Å². The molecule has 1 fully saturated rings. The zero-order valence-corrected chi connectivity index (χ0v) is 18.4. The third-order valence-corrected chi connectivity index (χ3v) is 5.48. The van der Waals surface area contributed by atoms with Gasteiger partial charge in [-0.2, -0.15) is 5.10 Å². The monoisotopic (exact) mass is 445 g/mol. The lowest BCUT2D eigenvalue weighted by atomic mass is 10.2. The molecule has 1 aromatic carbocycles. The van der Waals surface area contributed by atoms with Gasteiger partial charge in [0.15, 0.2) is 5.82 Å². The lowest BCUT2D eigenvalue weighted by Crippen LogP contribution is -2.46. The summed E-state index contributed by atoms with van der Waals surface area (Å²) < 4.78 is 28.8. The Hall–Kier alpha value is -2.77. The summed E-state index contributed by atoms with van der Waals surface area (Å²) in [5.74, 6) is -0.223. The lowest BCUT2D eigenvalue weighted by Gasteiger charge is -2.35. The Bertz CT molecular complexity index is 1040. The zero-order chi connectivity index (χ0) is 21.1. The van der Waals surface area contributed by atoms with E-state index in [1.807, 2.05) is 41.8 Å². The average Bonchev–Trinajstić information content (AvgIpc) is 3.08. The number of nitrogens with zero attached hydrogens (tertiary/aromatic N) is 5. The summed E-state index contributed by atoms with van der Waals surface area (Å²) in [6, 6.07) is 7.63. The summed E-state index contributed by atoms with van der Waals surface area (Å²) in [5.41, 5.74) is 3.80. The number of piperazine rings is 1. The van der Waals surface area contributed by atoms with Crippen molar-refractivity contribution in [2.45, 2.75) is 13.8 Å². The van der Waals surface area contributed by atoms with Crippen LogP contribution in [0.15, 0.2) is 48.8 Å². The Balaban J connectivity index is 0.00000272. The smallest absolute Gasteiger partial charge is 0.156 e. The summed E-state index contributed by atoms with van der Waals surface area (Å²) in [7, 11) is 0. The Morgan fingerprint density at radius 3 is 2.42 bits per heavy atom. The maximum absolute atomic E-state index is 13.5. The highest BCUT2D eigenvalue weighted by molar-refractivity contribution is 5.85. The van der Waals surface area contributed by atoms with E-state index in [9.17, 15) is 8.78 Å². The van der Waals surface area contributed by atoms with E-state index < -0.39 is 11.6 Å². The molecule has 8 heteroatoms. The molecule has 1 aliphatic heterocycles. The van der Waals surface area contributed by atoms with Crippen molar-refractivity contribution in [1.82, 2.24) is 19.7 Å². The van der Waals surface area contributed by atoms with E-state index in [4.69, 9.17) is 0 Å². The van der Waals surface area contributed by atoms with Crippen LogP contribution in [0, 0.1) is 25.5 Å². The maximum atomic E-state index is 13.5. The second-order valence-electron chi connectivity index (χ2n) is 7.56. The molecule has 0 bridgehead atoms. The van der Waals surface area contributed by atoms with Crippen molar-refractivity contribution in [2.75, 3.05) is 37.6 Å². The molecule has 0 unspecified atom stereocenters. The van der Waals surface area contributed by atoms with E-state index in [0.717, 1.165) is 61.4 Å². The maximum Gasteiger partial charge on any atom is 0.156 e. The summed E-state index contributed by atoms with van der Waals surface area (Å²) in [6.45, 7) is 8.05. The Morgan fingerprint density at radius 2 is 1.74 bits per heavy atom. The molecule has 3 aromatic rings. The van der Waals surface area contributed by atoms with Gasteiger partial charge in [-0.25, -0.2) is 18.4 Å². The van der Waals surface area contributed by atoms with Crippen molar-refractivity contribution in [3.63, 3.8) is 0 Å². The molecule has 0 atom stereocenters. The quantitative estimate of drug-likeness (QED) is 0.582. The van der Waals surface area contributed by atoms with Crippen molar-refractivity contribution in [2.24, 2.45) is 0 Å². The molecule has 1 aliphatic rings. The number of aromatic nitrogens is 3. The van der Waals surface area contributed by atoms with Gasteiger partial charge in [0.1, 0.15) is 11.6 Å². The molecule has 0 saturated carbocycles. The molecule has 0 amide bonds. The third-order valence-electron chi connectivity index (χ3n) is 5.48. The first kappa shape index (κ1) is 22.9. The average molecular weight is 446 g/mol. The van der Waals surface area contributed by atoms with Crippen LogP contribution in [0.3, 0.4) is 0 Å². The number of hydrogen-bond acceptors (Lipinski definition) is 4. The second-order valence-corrected chi connectivity index (χ2v) is 7.56. The molecule has 4 rings (SSSR count). The fourth-order valence-corrected chi connectivity index (χ4v) is 3.74. The van der Waals surface area contributed by atoms with Crippen LogP contribution >= 0.6 is 12.4 Å². The highest BCUT2D eigenvalue weighted by Gasteiger charge is 2.17. The number of aryl methyl sites for hydroxylation is 1. The predicted molar refractivity (Wildman–Crippen MR) is 122 cm³/mol. The SMILES string of the molecule is Cc1cccnc1-n1ncc(/C=C/CN2CCN(c3cc(F)cc(F)c3)CC2)c1C.Cl. The summed E-state index contributed by atoms with van der Waals surface area (Å²) >= 11 is 0. The van der Waals surface area contributed by atoms with E-state index in [1.165, 1.54) is 12.1 Å². The lowest BCUT2D eigenvalue weighted by molar-refractivity contribution is 0.284. The first-order valence-electron chi connectivity index (χ1n) is 10.1. The van der Waals surface area contributed by atoms with Gasteiger partial charge < -0.3 is 4.90 Å². The molecule has 3 heterocycles. The predicted octanol–water partition coefficient (Wildman–Crippen LogP) is 4.42. The van der Waals surface area contributed by atoms with Gasteiger partial charge in [0.2, 0.25) is 0 Å². The van der Waals surface area contributed by atoms with Crippen molar-refractivity contribution in [3.8, 4) is 5.82 Å². The molecule has 0 N–H and O–H groups in total. The van der Waals surface area contributed by atoms with Gasteiger partial charge in [-0.05, 0) is 37.6 Å². The first-order valence-corrected chi connectivity index (χ1v) is 10.1. The largest absolute Gasteiger partial charge is 0.369 e. The van der Waals surface area contributed by atoms with Gasteiger partial charge >= 0.3 is 0 Å². The number of rotatable bonds is 5. The molecular weight excluding hydrogens is 420 g/mol. The zero-order valence-electron chi connectivity index (χ0n) is 17.6. The number of pyridine rings is 1. The highest BCUT2D eigenvalue weighted by Crippen LogP contribution is 2.20. The second kappa shape index (κ2) is 10.0.